The maximum absolute atomic E-state index is 12.0. The molecular weight excluding hydrogens is 240 g/mol. The molecule has 3 rings (SSSR count). The van der Waals surface area contributed by atoms with Crippen molar-refractivity contribution in [2.75, 3.05) is 5.01 Å². The molecule has 0 aliphatic carbocycles. The summed E-state index contributed by atoms with van der Waals surface area (Å²) in [5.41, 5.74) is 2.53. The van der Waals surface area contributed by atoms with Crippen LogP contribution in [0.1, 0.15) is 17.7 Å². The quantitative estimate of drug-likeness (QED) is 0.820. The number of nitrogens with zero attached hydrogens (tertiary/aromatic N) is 4. The minimum Gasteiger partial charge on any atom is -0.272 e. The molecule has 0 radical (unpaired) electrons. The third-order valence-corrected chi connectivity index (χ3v) is 2.89. The highest BCUT2D eigenvalue weighted by Crippen LogP contribution is 2.20. The van der Waals surface area contributed by atoms with Crippen LogP contribution >= 0.6 is 0 Å². The fourth-order valence-electron chi connectivity index (χ4n) is 1.96. The topological polar surface area (TPSA) is 58.5 Å². The van der Waals surface area contributed by atoms with E-state index in [2.05, 4.69) is 15.1 Å². The van der Waals surface area contributed by atoms with Gasteiger partial charge < -0.3 is 0 Å². The number of hydrogen-bond acceptors (Lipinski definition) is 4. The molecule has 1 amide bonds. The molecule has 0 bridgehead atoms. The van der Waals surface area contributed by atoms with E-state index in [1.807, 2.05) is 37.3 Å². The van der Waals surface area contributed by atoms with Crippen molar-refractivity contribution in [3.8, 4) is 0 Å². The van der Waals surface area contributed by atoms with Gasteiger partial charge in [-0.3, -0.25) is 4.79 Å². The number of carbonyl (C=O) groups is 1. The molecule has 1 aliphatic heterocycles. The van der Waals surface area contributed by atoms with Gasteiger partial charge in [-0.15, -0.1) is 0 Å². The number of aryl methyl sites for hydroxylation is 1. The molecule has 1 aliphatic rings. The molecule has 0 N–H and O–H groups in total. The van der Waals surface area contributed by atoms with Crippen molar-refractivity contribution in [1.29, 1.82) is 0 Å². The van der Waals surface area contributed by atoms with E-state index in [1.165, 1.54) is 11.3 Å². The van der Waals surface area contributed by atoms with Crippen molar-refractivity contribution in [2.45, 2.75) is 13.3 Å². The zero-order valence-corrected chi connectivity index (χ0v) is 10.4. The lowest BCUT2D eigenvalue weighted by Crippen LogP contribution is -2.20. The molecule has 1 aromatic heterocycles. The summed E-state index contributed by atoms with van der Waals surface area (Å²) in [6.45, 7) is 1.85. The van der Waals surface area contributed by atoms with Crippen LogP contribution in [0, 0.1) is 6.92 Å². The van der Waals surface area contributed by atoms with E-state index in [0.29, 0.717) is 12.2 Å². The first-order chi connectivity index (χ1) is 9.24. The van der Waals surface area contributed by atoms with E-state index in [4.69, 9.17) is 0 Å². The van der Waals surface area contributed by atoms with Crippen molar-refractivity contribution >= 4 is 17.4 Å². The molecule has 0 saturated carbocycles. The van der Waals surface area contributed by atoms with E-state index in [-0.39, 0.29) is 5.91 Å². The standard InChI is InChI=1S/C14H12N4O/c1-10-7-13(16-9-15-10)18-14(19)8-12(17-18)11-5-3-2-4-6-11/h2-7,9H,8H2,1H3. The van der Waals surface area contributed by atoms with Gasteiger partial charge in [0.05, 0.1) is 12.1 Å². The van der Waals surface area contributed by atoms with Crippen LogP contribution in [0.5, 0.6) is 0 Å². The molecule has 0 unspecified atom stereocenters. The Balaban J connectivity index is 1.96. The number of aromatic nitrogens is 2. The summed E-state index contributed by atoms with van der Waals surface area (Å²) in [5, 5.41) is 5.71. The number of hydrogen-bond donors (Lipinski definition) is 0. The number of benzene rings is 1. The molecule has 5 nitrogen and oxygen atoms in total. The van der Waals surface area contributed by atoms with Gasteiger partial charge in [0.15, 0.2) is 5.82 Å². The Morgan fingerprint density at radius 1 is 1.16 bits per heavy atom. The molecule has 1 aromatic carbocycles. The molecule has 0 atom stereocenters. The summed E-state index contributed by atoms with van der Waals surface area (Å²) in [5.74, 6) is 0.445. The fraction of sp³-hybridized carbons (Fsp3) is 0.143. The molecule has 94 valence electrons. The Bertz CT molecular complexity index is 652. The van der Waals surface area contributed by atoms with Gasteiger partial charge >= 0.3 is 0 Å². The number of rotatable bonds is 2. The van der Waals surface area contributed by atoms with Gasteiger partial charge in [-0.2, -0.15) is 10.1 Å². The summed E-state index contributed by atoms with van der Waals surface area (Å²) in [6, 6.07) is 11.4. The van der Waals surface area contributed by atoms with Gasteiger partial charge in [0, 0.05) is 11.8 Å². The van der Waals surface area contributed by atoms with Crippen molar-refractivity contribution in [3.05, 3.63) is 54.0 Å². The Morgan fingerprint density at radius 2 is 1.95 bits per heavy atom. The molecule has 5 heteroatoms. The number of hydrazone groups is 1. The smallest absolute Gasteiger partial charge is 0.254 e. The van der Waals surface area contributed by atoms with Gasteiger partial charge in [0.2, 0.25) is 0 Å². The normalized spacial score (nSPS) is 14.7. The summed E-state index contributed by atoms with van der Waals surface area (Å²) < 4.78 is 0. The van der Waals surface area contributed by atoms with Crippen LogP contribution in [0.2, 0.25) is 0 Å². The van der Waals surface area contributed by atoms with Gasteiger partial charge in [-0.1, -0.05) is 30.3 Å². The van der Waals surface area contributed by atoms with Crippen LogP contribution in [0.4, 0.5) is 5.82 Å². The summed E-state index contributed by atoms with van der Waals surface area (Å²) in [6.07, 6.45) is 1.74. The average molecular weight is 252 g/mol. The highest BCUT2D eigenvalue weighted by Gasteiger charge is 2.26. The zero-order valence-electron chi connectivity index (χ0n) is 10.4. The largest absolute Gasteiger partial charge is 0.272 e. The summed E-state index contributed by atoms with van der Waals surface area (Å²) >= 11 is 0. The van der Waals surface area contributed by atoms with E-state index in [0.717, 1.165) is 17.0 Å². The lowest BCUT2D eigenvalue weighted by Gasteiger charge is -2.09. The molecule has 0 spiro atoms. The minimum absolute atomic E-state index is 0.0723. The second-order valence-electron chi connectivity index (χ2n) is 4.31. The third-order valence-electron chi connectivity index (χ3n) is 2.89. The van der Waals surface area contributed by atoms with Crippen LogP contribution < -0.4 is 5.01 Å². The van der Waals surface area contributed by atoms with Gasteiger partial charge in [-0.25, -0.2) is 9.97 Å². The molecule has 0 fully saturated rings. The maximum atomic E-state index is 12.0. The molecule has 2 heterocycles. The number of anilines is 1. The second kappa shape index (κ2) is 4.61. The van der Waals surface area contributed by atoms with Crippen LogP contribution in [0.3, 0.4) is 0 Å². The third kappa shape index (κ3) is 2.22. The second-order valence-corrected chi connectivity index (χ2v) is 4.31. The van der Waals surface area contributed by atoms with Gasteiger partial charge in [0.25, 0.3) is 5.91 Å². The Morgan fingerprint density at radius 3 is 2.68 bits per heavy atom. The minimum atomic E-state index is -0.0723. The number of amides is 1. The van der Waals surface area contributed by atoms with Crippen molar-refractivity contribution in [2.24, 2.45) is 5.10 Å². The first kappa shape index (κ1) is 11.5. The predicted octanol–water partition coefficient (Wildman–Crippen LogP) is 1.93. The van der Waals surface area contributed by atoms with Crippen LogP contribution in [0.25, 0.3) is 0 Å². The van der Waals surface area contributed by atoms with Crippen molar-refractivity contribution in [1.82, 2.24) is 9.97 Å². The predicted molar refractivity (Wildman–Crippen MR) is 71.9 cm³/mol. The van der Waals surface area contributed by atoms with Crippen LogP contribution in [0.15, 0.2) is 47.8 Å². The van der Waals surface area contributed by atoms with Crippen LogP contribution in [-0.4, -0.2) is 21.6 Å². The lowest BCUT2D eigenvalue weighted by molar-refractivity contribution is -0.116. The maximum Gasteiger partial charge on any atom is 0.254 e. The van der Waals surface area contributed by atoms with Crippen molar-refractivity contribution in [3.63, 3.8) is 0 Å². The Kier molecular flexibility index (Phi) is 2.79. The van der Waals surface area contributed by atoms with E-state index < -0.39 is 0 Å². The zero-order chi connectivity index (χ0) is 13.2. The van der Waals surface area contributed by atoms with E-state index in [9.17, 15) is 4.79 Å². The van der Waals surface area contributed by atoms with Crippen molar-refractivity contribution < 1.29 is 4.79 Å². The highest BCUT2D eigenvalue weighted by atomic mass is 16.2. The Hall–Kier alpha value is -2.56. The molecular formula is C14H12N4O. The van der Waals surface area contributed by atoms with Gasteiger partial charge in [0.1, 0.15) is 6.33 Å². The molecule has 0 saturated heterocycles. The monoisotopic (exact) mass is 252 g/mol. The average Bonchev–Trinajstić information content (AvgIpc) is 2.82. The summed E-state index contributed by atoms with van der Waals surface area (Å²) in [4.78, 5) is 20.1. The first-order valence-corrected chi connectivity index (χ1v) is 5.98. The first-order valence-electron chi connectivity index (χ1n) is 5.98. The molecule has 2 aromatic rings. The molecule has 19 heavy (non-hydrogen) atoms. The number of carbonyl (C=O) groups excluding carboxylic acids is 1. The lowest BCUT2D eigenvalue weighted by atomic mass is 10.1. The van der Waals surface area contributed by atoms with Crippen LogP contribution in [-0.2, 0) is 4.79 Å². The van der Waals surface area contributed by atoms with Gasteiger partial charge in [-0.05, 0) is 12.5 Å². The Labute approximate surface area is 110 Å². The summed E-state index contributed by atoms with van der Waals surface area (Å²) in [7, 11) is 0. The fourth-order valence-corrected chi connectivity index (χ4v) is 1.96. The SMILES string of the molecule is Cc1cc(N2N=C(c3ccccc3)CC2=O)ncn1. The van der Waals surface area contributed by atoms with E-state index >= 15 is 0 Å². The van der Waals surface area contributed by atoms with E-state index in [1.54, 1.807) is 6.07 Å². The highest BCUT2D eigenvalue weighted by molar-refractivity contribution is 6.18.